The van der Waals surface area contributed by atoms with Gasteiger partial charge in [0.1, 0.15) is 12.4 Å². The van der Waals surface area contributed by atoms with Gasteiger partial charge < -0.3 is 10.5 Å². The van der Waals surface area contributed by atoms with Gasteiger partial charge in [-0.1, -0.05) is 36.4 Å². The first-order valence-electron chi connectivity index (χ1n) is 6.45. The lowest BCUT2D eigenvalue weighted by atomic mass is 10.2. The summed E-state index contributed by atoms with van der Waals surface area (Å²) in [4.78, 5) is 2.24. The zero-order valence-electron chi connectivity index (χ0n) is 11.3. The molecule has 0 aliphatic carbocycles. The number of ether oxygens (including phenoxy) is 1. The molecule has 0 saturated heterocycles. The molecule has 2 rings (SSSR count). The Morgan fingerprint density at radius 2 is 1.84 bits per heavy atom. The van der Waals surface area contributed by atoms with E-state index in [-0.39, 0.29) is 0 Å². The van der Waals surface area contributed by atoms with Gasteiger partial charge in [-0.3, -0.25) is 4.90 Å². The Labute approximate surface area is 114 Å². The topological polar surface area (TPSA) is 38.5 Å². The molecule has 0 fully saturated rings. The van der Waals surface area contributed by atoms with Crippen LogP contribution in [-0.2, 0) is 6.54 Å². The van der Waals surface area contributed by atoms with Crippen molar-refractivity contribution >= 4 is 5.69 Å². The summed E-state index contributed by atoms with van der Waals surface area (Å²) < 4.78 is 5.67. The number of hydrogen-bond acceptors (Lipinski definition) is 3. The minimum atomic E-state index is 0.660. The second kappa shape index (κ2) is 6.81. The maximum atomic E-state index is 5.70. The smallest absolute Gasteiger partial charge is 0.121 e. The Kier molecular flexibility index (Phi) is 4.81. The van der Waals surface area contributed by atoms with Crippen LogP contribution in [0.3, 0.4) is 0 Å². The van der Waals surface area contributed by atoms with Gasteiger partial charge in [-0.05, 0) is 24.7 Å². The highest BCUT2D eigenvalue weighted by atomic mass is 16.5. The predicted molar refractivity (Wildman–Crippen MR) is 79.1 cm³/mol. The molecule has 0 aliphatic heterocycles. The third-order valence-electron chi connectivity index (χ3n) is 2.90. The summed E-state index contributed by atoms with van der Waals surface area (Å²) in [5.74, 6) is 0.827. The maximum absolute atomic E-state index is 5.70. The fourth-order valence-corrected chi connectivity index (χ4v) is 1.90. The number of anilines is 1. The first kappa shape index (κ1) is 13.4. The van der Waals surface area contributed by atoms with E-state index in [1.165, 1.54) is 5.56 Å². The number of likely N-dealkylation sites (N-methyl/N-ethyl adjacent to an activating group) is 1. The molecule has 0 radical (unpaired) electrons. The van der Waals surface area contributed by atoms with Crippen molar-refractivity contribution in [3.63, 3.8) is 0 Å². The van der Waals surface area contributed by atoms with E-state index in [1.807, 2.05) is 30.3 Å². The maximum Gasteiger partial charge on any atom is 0.121 e. The second-order valence-electron chi connectivity index (χ2n) is 4.64. The van der Waals surface area contributed by atoms with Gasteiger partial charge in [0, 0.05) is 24.8 Å². The molecule has 0 atom stereocenters. The van der Waals surface area contributed by atoms with E-state index >= 15 is 0 Å². The number of nitrogens with zero attached hydrogens (tertiary/aromatic N) is 1. The summed E-state index contributed by atoms with van der Waals surface area (Å²) in [7, 11) is 2.09. The summed E-state index contributed by atoms with van der Waals surface area (Å²) in [5, 5.41) is 0. The van der Waals surface area contributed by atoms with Gasteiger partial charge >= 0.3 is 0 Å². The SMILES string of the molecule is CN(CCOc1cccc(N)c1)Cc1ccccc1. The quantitative estimate of drug-likeness (QED) is 0.808. The van der Waals surface area contributed by atoms with E-state index in [0.29, 0.717) is 6.61 Å². The van der Waals surface area contributed by atoms with Crippen molar-refractivity contribution in [3.05, 3.63) is 60.2 Å². The van der Waals surface area contributed by atoms with Crippen molar-refractivity contribution in [1.29, 1.82) is 0 Å². The Morgan fingerprint density at radius 3 is 2.58 bits per heavy atom. The molecule has 2 aromatic carbocycles. The van der Waals surface area contributed by atoms with Crippen molar-refractivity contribution in [2.24, 2.45) is 0 Å². The summed E-state index contributed by atoms with van der Waals surface area (Å²) in [5.41, 5.74) is 7.75. The van der Waals surface area contributed by atoms with Gasteiger partial charge in [0.15, 0.2) is 0 Å². The summed E-state index contributed by atoms with van der Waals surface area (Å²) in [6, 6.07) is 18.0. The van der Waals surface area contributed by atoms with Gasteiger partial charge in [0.2, 0.25) is 0 Å². The molecule has 2 aromatic rings. The number of hydrogen-bond donors (Lipinski definition) is 1. The second-order valence-corrected chi connectivity index (χ2v) is 4.64. The van der Waals surface area contributed by atoms with E-state index < -0.39 is 0 Å². The van der Waals surface area contributed by atoms with Crippen LogP contribution < -0.4 is 10.5 Å². The number of nitrogen functional groups attached to an aromatic ring is 1. The molecule has 3 nitrogen and oxygen atoms in total. The Balaban J connectivity index is 1.73. The summed E-state index contributed by atoms with van der Waals surface area (Å²) in [6.07, 6.45) is 0. The average Bonchev–Trinajstić information content (AvgIpc) is 2.40. The minimum Gasteiger partial charge on any atom is -0.492 e. The molecular weight excluding hydrogens is 236 g/mol. The largest absolute Gasteiger partial charge is 0.492 e. The third kappa shape index (κ3) is 4.64. The molecule has 100 valence electrons. The lowest BCUT2D eigenvalue weighted by molar-refractivity contribution is 0.233. The molecule has 0 bridgehead atoms. The van der Waals surface area contributed by atoms with Crippen molar-refractivity contribution < 1.29 is 4.74 Å². The van der Waals surface area contributed by atoms with E-state index in [0.717, 1.165) is 24.5 Å². The molecule has 0 amide bonds. The van der Waals surface area contributed by atoms with Crippen LogP contribution in [0.4, 0.5) is 5.69 Å². The van der Waals surface area contributed by atoms with Crippen molar-refractivity contribution in [2.45, 2.75) is 6.54 Å². The fraction of sp³-hybridized carbons (Fsp3) is 0.250. The third-order valence-corrected chi connectivity index (χ3v) is 2.90. The number of benzene rings is 2. The van der Waals surface area contributed by atoms with Gasteiger partial charge in [0.25, 0.3) is 0 Å². The van der Waals surface area contributed by atoms with E-state index in [9.17, 15) is 0 Å². The Bertz CT molecular complexity index is 499. The average molecular weight is 256 g/mol. The molecule has 0 aromatic heterocycles. The Hall–Kier alpha value is -2.00. The van der Waals surface area contributed by atoms with E-state index in [2.05, 4.69) is 36.2 Å². The summed E-state index contributed by atoms with van der Waals surface area (Å²) in [6.45, 7) is 2.47. The van der Waals surface area contributed by atoms with Crippen molar-refractivity contribution in [3.8, 4) is 5.75 Å². The van der Waals surface area contributed by atoms with E-state index in [1.54, 1.807) is 0 Å². The van der Waals surface area contributed by atoms with E-state index in [4.69, 9.17) is 10.5 Å². The van der Waals surface area contributed by atoms with Crippen LogP contribution in [0.2, 0.25) is 0 Å². The highest BCUT2D eigenvalue weighted by Crippen LogP contribution is 2.14. The zero-order valence-corrected chi connectivity index (χ0v) is 11.3. The van der Waals surface area contributed by atoms with Gasteiger partial charge in [0.05, 0.1) is 0 Å². The molecule has 3 heteroatoms. The molecule has 0 spiro atoms. The van der Waals surface area contributed by atoms with Crippen molar-refractivity contribution in [1.82, 2.24) is 4.90 Å². The zero-order chi connectivity index (χ0) is 13.5. The summed E-state index contributed by atoms with van der Waals surface area (Å²) >= 11 is 0. The minimum absolute atomic E-state index is 0.660. The van der Waals surface area contributed by atoms with Gasteiger partial charge in [-0.15, -0.1) is 0 Å². The van der Waals surface area contributed by atoms with Crippen LogP contribution >= 0.6 is 0 Å². The predicted octanol–water partition coefficient (Wildman–Crippen LogP) is 2.78. The number of nitrogens with two attached hydrogens (primary N) is 1. The number of rotatable bonds is 6. The first-order chi connectivity index (χ1) is 9.24. The molecule has 0 aliphatic rings. The molecule has 0 saturated carbocycles. The van der Waals surface area contributed by atoms with Crippen LogP contribution in [0.5, 0.6) is 5.75 Å². The molecule has 19 heavy (non-hydrogen) atoms. The first-order valence-corrected chi connectivity index (χ1v) is 6.45. The fourth-order valence-electron chi connectivity index (χ4n) is 1.90. The monoisotopic (exact) mass is 256 g/mol. The van der Waals surface area contributed by atoms with Crippen LogP contribution in [0, 0.1) is 0 Å². The molecular formula is C16H20N2O. The van der Waals surface area contributed by atoms with Crippen LogP contribution in [0.1, 0.15) is 5.56 Å². The van der Waals surface area contributed by atoms with Crippen LogP contribution in [0.15, 0.2) is 54.6 Å². The van der Waals surface area contributed by atoms with Crippen molar-refractivity contribution in [2.75, 3.05) is 25.9 Å². The van der Waals surface area contributed by atoms with Crippen LogP contribution in [0.25, 0.3) is 0 Å². The highest BCUT2D eigenvalue weighted by molar-refractivity contribution is 5.43. The normalized spacial score (nSPS) is 10.6. The highest BCUT2D eigenvalue weighted by Gasteiger charge is 2.00. The van der Waals surface area contributed by atoms with Gasteiger partial charge in [-0.25, -0.2) is 0 Å². The lowest BCUT2D eigenvalue weighted by Gasteiger charge is -2.17. The molecule has 0 heterocycles. The lowest BCUT2D eigenvalue weighted by Crippen LogP contribution is -2.23. The van der Waals surface area contributed by atoms with Gasteiger partial charge in [-0.2, -0.15) is 0 Å². The van der Waals surface area contributed by atoms with Crippen LogP contribution in [-0.4, -0.2) is 25.1 Å². The Morgan fingerprint density at radius 1 is 1.05 bits per heavy atom. The standard InChI is InChI=1S/C16H20N2O/c1-18(13-14-6-3-2-4-7-14)10-11-19-16-9-5-8-15(17)12-16/h2-9,12H,10-11,13,17H2,1H3. The molecule has 0 unspecified atom stereocenters. The molecule has 2 N–H and O–H groups in total.